The molecule has 1 nitrogen and oxygen atoms in total. The quantitative estimate of drug-likeness (QED) is 0.252. The second kappa shape index (κ2) is 8.60. The third kappa shape index (κ3) is 4.29. The highest BCUT2D eigenvalue weighted by Crippen LogP contribution is 2.53. The molecular formula is C33H38OSi2. The molecule has 0 saturated heterocycles. The van der Waals surface area contributed by atoms with Crippen LogP contribution in [-0.2, 0) is 5.41 Å². The van der Waals surface area contributed by atoms with E-state index in [4.69, 9.17) is 4.74 Å². The first-order chi connectivity index (χ1) is 16.9. The number of rotatable bonds is 4. The average molecular weight is 507 g/mol. The van der Waals surface area contributed by atoms with Crippen molar-refractivity contribution < 1.29 is 4.74 Å². The maximum absolute atomic E-state index is 6.90. The molecule has 36 heavy (non-hydrogen) atoms. The lowest BCUT2D eigenvalue weighted by atomic mass is 9.74. The first kappa shape index (κ1) is 24.8. The van der Waals surface area contributed by atoms with Crippen LogP contribution in [-0.4, -0.2) is 16.1 Å². The summed E-state index contributed by atoms with van der Waals surface area (Å²) in [5.74, 6) is 1.98. The molecule has 0 fully saturated rings. The van der Waals surface area contributed by atoms with Crippen molar-refractivity contribution in [3.63, 3.8) is 0 Å². The fourth-order valence-electron chi connectivity index (χ4n) is 5.28. The second-order valence-electron chi connectivity index (χ2n) is 12.7. The van der Waals surface area contributed by atoms with Gasteiger partial charge in [0.15, 0.2) is 0 Å². The van der Waals surface area contributed by atoms with Gasteiger partial charge in [-0.25, -0.2) is 0 Å². The van der Waals surface area contributed by atoms with Crippen LogP contribution in [0.1, 0.15) is 25.0 Å². The number of benzene rings is 4. The van der Waals surface area contributed by atoms with Crippen molar-refractivity contribution in [2.45, 2.75) is 58.5 Å². The minimum absolute atomic E-state index is 0.161. The van der Waals surface area contributed by atoms with Crippen LogP contribution in [0.5, 0.6) is 11.5 Å². The van der Waals surface area contributed by atoms with Crippen LogP contribution in [0.25, 0.3) is 22.3 Å². The van der Waals surface area contributed by atoms with E-state index in [1.54, 1.807) is 0 Å². The van der Waals surface area contributed by atoms with Gasteiger partial charge in [-0.05, 0) is 11.1 Å². The molecule has 4 aromatic rings. The number of ether oxygens (including phenoxy) is 1. The van der Waals surface area contributed by atoms with Gasteiger partial charge in [0.1, 0.15) is 11.5 Å². The van der Waals surface area contributed by atoms with Crippen LogP contribution < -0.4 is 15.1 Å². The molecule has 0 aliphatic carbocycles. The summed E-state index contributed by atoms with van der Waals surface area (Å²) in [6.07, 6.45) is 0. The van der Waals surface area contributed by atoms with Gasteiger partial charge in [-0.1, -0.05) is 148 Å². The largest absolute Gasteiger partial charge is 0.455 e. The molecule has 1 heterocycles. The Hall–Kier alpha value is -2.89. The van der Waals surface area contributed by atoms with Crippen LogP contribution in [0.3, 0.4) is 0 Å². The molecule has 0 atom stereocenters. The van der Waals surface area contributed by atoms with Crippen molar-refractivity contribution in [1.82, 2.24) is 0 Å². The zero-order valence-electron chi connectivity index (χ0n) is 23.0. The van der Waals surface area contributed by atoms with E-state index in [1.807, 2.05) is 0 Å². The van der Waals surface area contributed by atoms with Crippen LogP contribution in [0.2, 0.25) is 39.3 Å². The van der Waals surface area contributed by atoms with Crippen molar-refractivity contribution in [1.29, 1.82) is 0 Å². The van der Waals surface area contributed by atoms with Gasteiger partial charge in [0, 0.05) is 27.7 Å². The number of fused-ring (bicyclic) bond motifs is 2. The van der Waals surface area contributed by atoms with E-state index in [2.05, 4.69) is 138 Å². The maximum atomic E-state index is 6.90. The Labute approximate surface area is 219 Å². The van der Waals surface area contributed by atoms with E-state index in [9.17, 15) is 0 Å². The Morgan fingerprint density at radius 2 is 0.861 bits per heavy atom. The SMILES string of the molecule is CC1(C)c2cccc(-c3ccc([Si](C)(C)C)cc3)c2Oc2c(-c3ccc([Si](C)(C)C)cc3)cccc21. The standard InChI is InChI=1S/C33H38OSi2/c1-33(2)29-13-9-11-27(23-15-19-25(20-16-23)35(3,4)5)31(29)34-32-28(12-10-14-30(32)33)24-17-21-26(22-18-24)36(6,7)8/h9-22H,1-8H3. The minimum Gasteiger partial charge on any atom is -0.455 e. The summed E-state index contributed by atoms with van der Waals surface area (Å²) in [6.45, 7) is 19.0. The van der Waals surface area contributed by atoms with Gasteiger partial charge in [0.05, 0.1) is 16.1 Å². The van der Waals surface area contributed by atoms with E-state index in [1.165, 1.54) is 32.6 Å². The lowest BCUT2D eigenvalue weighted by Gasteiger charge is -2.36. The van der Waals surface area contributed by atoms with Gasteiger partial charge in [-0.15, -0.1) is 0 Å². The molecule has 1 aliphatic rings. The molecule has 3 heteroatoms. The summed E-state index contributed by atoms with van der Waals surface area (Å²) in [6, 6.07) is 31.6. The molecule has 0 saturated carbocycles. The molecule has 0 spiro atoms. The molecule has 0 amide bonds. The lowest BCUT2D eigenvalue weighted by molar-refractivity contribution is 0.421. The Morgan fingerprint density at radius 3 is 1.19 bits per heavy atom. The van der Waals surface area contributed by atoms with Crippen molar-refractivity contribution in [3.8, 4) is 33.8 Å². The van der Waals surface area contributed by atoms with Crippen LogP contribution in [0.4, 0.5) is 0 Å². The normalized spacial score (nSPS) is 14.6. The van der Waals surface area contributed by atoms with Crippen LogP contribution in [0, 0.1) is 0 Å². The molecule has 0 N–H and O–H groups in total. The Kier molecular flexibility index (Phi) is 5.92. The number of hydrogen-bond donors (Lipinski definition) is 0. The molecule has 1 aliphatic heterocycles. The van der Waals surface area contributed by atoms with Crippen molar-refractivity contribution in [3.05, 3.63) is 96.1 Å². The van der Waals surface area contributed by atoms with E-state index < -0.39 is 16.1 Å². The molecular weight excluding hydrogens is 469 g/mol. The highest BCUT2D eigenvalue weighted by atomic mass is 28.3. The first-order valence-electron chi connectivity index (χ1n) is 13.0. The summed E-state index contributed by atoms with van der Waals surface area (Å²) in [4.78, 5) is 0. The zero-order valence-corrected chi connectivity index (χ0v) is 25.0. The summed E-state index contributed by atoms with van der Waals surface area (Å²) < 4.78 is 6.90. The van der Waals surface area contributed by atoms with Crippen LogP contribution in [0.15, 0.2) is 84.9 Å². The van der Waals surface area contributed by atoms with E-state index in [-0.39, 0.29) is 5.41 Å². The van der Waals surface area contributed by atoms with Gasteiger partial charge >= 0.3 is 0 Å². The predicted molar refractivity (Wildman–Crippen MR) is 162 cm³/mol. The molecule has 184 valence electrons. The summed E-state index contributed by atoms with van der Waals surface area (Å²) >= 11 is 0. The molecule has 4 aromatic carbocycles. The molecule has 0 bridgehead atoms. The van der Waals surface area contributed by atoms with Crippen molar-refractivity contribution >= 4 is 26.5 Å². The first-order valence-corrected chi connectivity index (χ1v) is 20.0. The van der Waals surface area contributed by atoms with Gasteiger partial charge < -0.3 is 4.74 Å². The minimum atomic E-state index is -1.35. The second-order valence-corrected chi connectivity index (χ2v) is 22.9. The Morgan fingerprint density at radius 1 is 0.500 bits per heavy atom. The average Bonchev–Trinajstić information content (AvgIpc) is 2.83. The number of hydrogen-bond acceptors (Lipinski definition) is 1. The lowest BCUT2D eigenvalue weighted by Crippen LogP contribution is -2.37. The highest BCUT2D eigenvalue weighted by molar-refractivity contribution is 6.89. The fraction of sp³-hybridized carbons (Fsp3) is 0.273. The monoisotopic (exact) mass is 506 g/mol. The van der Waals surface area contributed by atoms with E-state index in [0.717, 1.165) is 22.6 Å². The summed E-state index contributed by atoms with van der Waals surface area (Å²) in [5, 5.41) is 2.96. The van der Waals surface area contributed by atoms with E-state index >= 15 is 0 Å². The third-order valence-electron chi connectivity index (χ3n) is 7.70. The summed E-state index contributed by atoms with van der Waals surface area (Å²) in [5.41, 5.74) is 7.08. The van der Waals surface area contributed by atoms with Crippen molar-refractivity contribution in [2.75, 3.05) is 0 Å². The molecule has 5 rings (SSSR count). The highest BCUT2D eigenvalue weighted by Gasteiger charge is 2.37. The molecule has 0 radical (unpaired) electrons. The van der Waals surface area contributed by atoms with Gasteiger partial charge in [0.25, 0.3) is 0 Å². The van der Waals surface area contributed by atoms with Crippen molar-refractivity contribution in [2.24, 2.45) is 0 Å². The molecule has 0 aromatic heterocycles. The smallest absolute Gasteiger partial charge is 0.139 e. The van der Waals surface area contributed by atoms with Gasteiger partial charge in [-0.2, -0.15) is 0 Å². The fourth-order valence-corrected chi connectivity index (χ4v) is 7.61. The summed E-state index contributed by atoms with van der Waals surface area (Å²) in [7, 11) is -2.69. The van der Waals surface area contributed by atoms with Gasteiger partial charge in [-0.3, -0.25) is 0 Å². The van der Waals surface area contributed by atoms with Crippen LogP contribution >= 0.6 is 0 Å². The Bertz CT molecular complexity index is 1310. The Balaban J connectivity index is 1.63. The topological polar surface area (TPSA) is 9.23 Å². The van der Waals surface area contributed by atoms with Gasteiger partial charge in [0.2, 0.25) is 0 Å². The zero-order chi connectivity index (χ0) is 25.9. The maximum Gasteiger partial charge on any atom is 0.139 e. The number of para-hydroxylation sites is 2. The molecule has 0 unspecified atom stereocenters. The predicted octanol–water partition coefficient (Wildman–Crippen LogP) is 8.54. The third-order valence-corrected chi connectivity index (χ3v) is 11.8. The van der Waals surface area contributed by atoms with E-state index in [0.29, 0.717) is 0 Å².